The highest BCUT2D eigenvalue weighted by Gasteiger charge is 2.27. The van der Waals surface area contributed by atoms with Gasteiger partial charge in [0, 0.05) is 19.2 Å². The largest absolute Gasteiger partial charge is 0.354 e. The Labute approximate surface area is 144 Å². The Kier molecular flexibility index (Phi) is 4.76. The van der Waals surface area contributed by atoms with Crippen LogP contribution in [0, 0.1) is 11.7 Å². The number of carbonyl (C=O) groups excluding carboxylic acids is 1. The minimum atomic E-state index is -3.14. The highest BCUT2D eigenvalue weighted by molar-refractivity contribution is 7.91. The second-order valence-electron chi connectivity index (χ2n) is 6.15. The molecule has 1 atom stereocenters. The van der Waals surface area contributed by atoms with E-state index in [9.17, 15) is 17.6 Å². The molecule has 0 saturated carbocycles. The molecule has 1 fully saturated rings. The Hall–Kier alpha value is -2.42. The molecule has 1 N–H and O–H groups in total. The Morgan fingerprint density at radius 1 is 1.40 bits per heavy atom. The summed E-state index contributed by atoms with van der Waals surface area (Å²) in [4.78, 5) is 13.8. The number of urea groups is 1. The van der Waals surface area contributed by atoms with Gasteiger partial charge < -0.3 is 9.42 Å². The zero-order valence-corrected chi connectivity index (χ0v) is 14.4. The van der Waals surface area contributed by atoms with Gasteiger partial charge in [0.25, 0.3) is 0 Å². The fraction of sp³-hybridized carbons (Fsp3) is 0.375. The maximum absolute atomic E-state index is 13.8. The molecule has 2 aromatic rings. The summed E-state index contributed by atoms with van der Waals surface area (Å²) in [5.74, 6) is -0.266. The molecule has 7 nitrogen and oxygen atoms in total. The molecule has 1 saturated heterocycles. The van der Waals surface area contributed by atoms with Crippen molar-refractivity contribution in [2.45, 2.75) is 6.92 Å². The van der Waals surface area contributed by atoms with Gasteiger partial charge in [-0.3, -0.25) is 5.32 Å². The molecule has 1 unspecified atom stereocenters. The first-order valence-electron chi connectivity index (χ1n) is 7.82. The van der Waals surface area contributed by atoms with Crippen molar-refractivity contribution in [3.63, 3.8) is 0 Å². The van der Waals surface area contributed by atoms with E-state index >= 15 is 0 Å². The third-order valence-corrected chi connectivity index (χ3v) is 5.80. The van der Waals surface area contributed by atoms with Gasteiger partial charge in [0.1, 0.15) is 5.82 Å². The van der Waals surface area contributed by atoms with Crippen LogP contribution in [-0.2, 0) is 9.84 Å². The molecule has 1 aliphatic rings. The third kappa shape index (κ3) is 4.16. The monoisotopic (exact) mass is 367 g/mol. The lowest BCUT2D eigenvalue weighted by atomic mass is 10.1. The van der Waals surface area contributed by atoms with E-state index in [2.05, 4.69) is 10.5 Å². The Morgan fingerprint density at radius 3 is 2.92 bits per heavy atom. The molecule has 25 heavy (non-hydrogen) atoms. The summed E-state index contributed by atoms with van der Waals surface area (Å²) in [5, 5.41) is 6.28. The van der Waals surface area contributed by atoms with Crippen molar-refractivity contribution >= 4 is 21.7 Å². The summed E-state index contributed by atoms with van der Waals surface area (Å²) in [6, 6.07) is 7.04. The quantitative estimate of drug-likeness (QED) is 0.880. The zero-order valence-electron chi connectivity index (χ0n) is 13.6. The Balaban J connectivity index is 1.71. The zero-order chi connectivity index (χ0) is 18.0. The normalized spacial score (nSPS) is 20.1. The molecule has 2 amide bonds. The summed E-state index contributed by atoms with van der Waals surface area (Å²) in [5.41, 5.74) is 0.241. The van der Waals surface area contributed by atoms with E-state index < -0.39 is 21.7 Å². The SMILES string of the molecule is CC1CN(C(=O)Nc2cc(-c3ccccc3F)on2)CCS(=O)(=O)C1. The fourth-order valence-electron chi connectivity index (χ4n) is 2.78. The molecule has 3 rings (SSSR count). The van der Waals surface area contributed by atoms with Crippen LogP contribution >= 0.6 is 0 Å². The van der Waals surface area contributed by atoms with Crippen LogP contribution in [0.1, 0.15) is 6.92 Å². The van der Waals surface area contributed by atoms with Crippen LogP contribution in [0.15, 0.2) is 34.9 Å². The van der Waals surface area contributed by atoms with Crippen LogP contribution in [0.25, 0.3) is 11.3 Å². The molecule has 2 heterocycles. The summed E-state index contributed by atoms with van der Waals surface area (Å²) < 4.78 is 42.4. The van der Waals surface area contributed by atoms with E-state index in [0.29, 0.717) is 6.54 Å². The number of nitrogens with one attached hydrogen (secondary N) is 1. The first kappa shape index (κ1) is 17.4. The molecule has 9 heteroatoms. The standard InChI is InChI=1S/C16H18FN3O4S/c1-11-9-20(6-7-25(22,23)10-11)16(21)18-15-8-14(24-19-15)12-4-2-3-5-13(12)17/h2-5,8,11H,6-7,9-10H2,1H3,(H,18,19,21). The molecule has 0 radical (unpaired) electrons. The van der Waals surface area contributed by atoms with Gasteiger partial charge in [0.05, 0.1) is 17.1 Å². The van der Waals surface area contributed by atoms with Crippen LogP contribution in [0.2, 0.25) is 0 Å². The van der Waals surface area contributed by atoms with Crippen LogP contribution in [0.3, 0.4) is 0 Å². The van der Waals surface area contributed by atoms with E-state index in [4.69, 9.17) is 4.52 Å². The van der Waals surface area contributed by atoms with Crippen molar-refractivity contribution < 1.29 is 22.1 Å². The van der Waals surface area contributed by atoms with Crippen molar-refractivity contribution in [1.29, 1.82) is 0 Å². The number of halogens is 1. The van der Waals surface area contributed by atoms with Gasteiger partial charge in [0.15, 0.2) is 21.4 Å². The molecular formula is C16H18FN3O4S. The third-order valence-electron chi connectivity index (χ3n) is 3.91. The first-order chi connectivity index (χ1) is 11.8. The maximum atomic E-state index is 13.8. The molecule has 1 aromatic heterocycles. The number of hydrogen-bond acceptors (Lipinski definition) is 5. The van der Waals surface area contributed by atoms with Gasteiger partial charge in [-0.15, -0.1) is 0 Å². The number of benzene rings is 1. The molecule has 1 aromatic carbocycles. The van der Waals surface area contributed by atoms with Gasteiger partial charge in [-0.2, -0.15) is 0 Å². The predicted octanol–water partition coefficient (Wildman–Crippen LogP) is 2.38. The van der Waals surface area contributed by atoms with Gasteiger partial charge in [0.2, 0.25) is 0 Å². The summed E-state index contributed by atoms with van der Waals surface area (Å²) >= 11 is 0. The predicted molar refractivity (Wildman–Crippen MR) is 90.3 cm³/mol. The lowest BCUT2D eigenvalue weighted by molar-refractivity contribution is 0.209. The van der Waals surface area contributed by atoms with Crippen LogP contribution in [-0.4, -0.2) is 49.1 Å². The van der Waals surface area contributed by atoms with Crippen molar-refractivity contribution in [3.05, 3.63) is 36.1 Å². The van der Waals surface area contributed by atoms with Crippen LogP contribution < -0.4 is 5.32 Å². The maximum Gasteiger partial charge on any atom is 0.323 e. The van der Waals surface area contributed by atoms with Gasteiger partial charge >= 0.3 is 6.03 Å². The smallest absolute Gasteiger partial charge is 0.323 e. The molecule has 1 aliphatic heterocycles. The Morgan fingerprint density at radius 2 is 2.16 bits per heavy atom. The average molecular weight is 367 g/mol. The summed E-state index contributed by atoms with van der Waals surface area (Å²) in [7, 11) is -3.14. The topological polar surface area (TPSA) is 92.5 Å². The first-order valence-corrected chi connectivity index (χ1v) is 9.64. The van der Waals surface area contributed by atoms with Gasteiger partial charge in [-0.25, -0.2) is 17.6 Å². The second-order valence-corrected chi connectivity index (χ2v) is 8.38. The number of hydrogen-bond donors (Lipinski definition) is 1. The van der Waals surface area contributed by atoms with Crippen molar-refractivity contribution in [2.75, 3.05) is 29.9 Å². The number of anilines is 1. The lowest BCUT2D eigenvalue weighted by Gasteiger charge is -2.21. The number of rotatable bonds is 2. The number of amides is 2. The van der Waals surface area contributed by atoms with E-state index in [1.54, 1.807) is 25.1 Å². The van der Waals surface area contributed by atoms with Crippen LogP contribution in [0.5, 0.6) is 0 Å². The number of nitrogens with zero attached hydrogens (tertiary/aromatic N) is 2. The molecular weight excluding hydrogens is 349 g/mol. The second kappa shape index (κ2) is 6.83. The van der Waals surface area contributed by atoms with E-state index in [-0.39, 0.29) is 41.1 Å². The Bertz CT molecular complexity index is 881. The van der Waals surface area contributed by atoms with E-state index in [1.807, 2.05) is 0 Å². The lowest BCUT2D eigenvalue weighted by Crippen LogP contribution is -2.38. The van der Waals surface area contributed by atoms with E-state index in [1.165, 1.54) is 17.0 Å². The molecule has 0 spiro atoms. The van der Waals surface area contributed by atoms with Crippen molar-refractivity contribution in [1.82, 2.24) is 10.1 Å². The summed E-state index contributed by atoms with van der Waals surface area (Å²) in [6.45, 7) is 2.25. The highest BCUT2D eigenvalue weighted by Crippen LogP contribution is 2.25. The molecule has 134 valence electrons. The number of sulfone groups is 1. The summed E-state index contributed by atoms with van der Waals surface area (Å²) in [6.07, 6.45) is 0. The molecule has 0 aliphatic carbocycles. The van der Waals surface area contributed by atoms with Crippen molar-refractivity contribution in [3.8, 4) is 11.3 Å². The fourth-order valence-corrected chi connectivity index (χ4v) is 4.42. The van der Waals surface area contributed by atoms with Gasteiger partial charge in [-0.1, -0.05) is 24.2 Å². The van der Waals surface area contributed by atoms with Crippen molar-refractivity contribution in [2.24, 2.45) is 5.92 Å². The number of carbonyl (C=O) groups is 1. The van der Waals surface area contributed by atoms with Gasteiger partial charge in [-0.05, 0) is 18.1 Å². The minimum absolute atomic E-state index is 0.0654. The van der Waals surface area contributed by atoms with Crippen LogP contribution in [0.4, 0.5) is 15.0 Å². The number of aromatic nitrogens is 1. The average Bonchev–Trinajstić information content (AvgIpc) is 2.93. The van der Waals surface area contributed by atoms with E-state index in [0.717, 1.165) is 0 Å². The molecule has 0 bridgehead atoms. The highest BCUT2D eigenvalue weighted by atomic mass is 32.2. The minimum Gasteiger partial charge on any atom is -0.354 e.